The summed E-state index contributed by atoms with van der Waals surface area (Å²) in [5, 5.41) is 3.15. The van der Waals surface area contributed by atoms with Crippen LogP contribution in [-0.4, -0.2) is 18.8 Å². The first kappa shape index (κ1) is 11.6. The summed E-state index contributed by atoms with van der Waals surface area (Å²) in [7, 11) is 0. The predicted molar refractivity (Wildman–Crippen MR) is 71.7 cm³/mol. The summed E-state index contributed by atoms with van der Waals surface area (Å²) >= 11 is 3.46. The Labute approximate surface area is 113 Å². The molecule has 0 radical (unpaired) electrons. The van der Waals surface area contributed by atoms with Gasteiger partial charge >= 0.3 is 0 Å². The average Bonchev–Trinajstić information content (AvgIpc) is 3.01. The van der Waals surface area contributed by atoms with Gasteiger partial charge in [-0.05, 0) is 46.5 Å². The van der Waals surface area contributed by atoms with Crippen molar-refractivity contribution in [2.75, 3.05) is 6.79 Å². The first-order valence-corrected chi connectivity index (χ1v) is 6.66. The van der Waals surface area contributed by atoms with Gasteiger partial charge in [0.1, 0.15) is 0 Å². The summed E-state index contributed by atoms with van der Waals surface area (Å²) in [5.41, 5.74) is 6.82. The maximum atomic E-state index is 5.78. The van der Waals surface area contributed by atoms with Crippen molar-refractivity contribution in [3.05, 3.63) is 22.2 Å². The summed E-state index contributed by atoms with van der Waals surface area (Å²) in [6, 6.07) is 4.43. The molecule has 3 rings (SSSR count). The second-order valence-electron chi connectivity index (χ2n) is 4.43. The van der Waals surface area contributed by atoms with Crippen LogP contribution in [-0.2, 0) is 6.54 Å². The molecule has 0 amide bonds. The van der Waals surface area contributed by atoms with E-state index in [4.69, 9.17) is 15.2 Å². The molecule has 18 heavy (non-hydrogen) atoms. The zero-order chi connectivity index (χ0) is 12.5. The molecule has 0 unspecified atom stereocenters. The molecule has 0 saturated heterocycles. The zero-order valence-electron chi connectivity index (χ0n) is 9.78. The molecule has 2 aliphatic rings. The fraction of sp³-hybridized carbons (Fsp3) is 0.417. The number of nitrogens with one attached hydrogen (secondary N) is 1. The molecule has 0 aromatic heterocycles. The Bertz CT molecular complexity index is 500. The lowest BCUT2D eigenvalue weighted by Gasteiger charge is -2.05. The van der Waals surface area contributed by atoms with Gasteiger partial charge in [-0.15, -0.1) is 0 Å². The van der Waals surface area contributed by atoms with E-state index in [0.717, 1.165) is 21.5 Å². The van der Waals surface area contributed by atoms with Crippen LogP contribution in [0.4, 0.5) is 0 Å². The molecule has 1 fully saturated rings. The van der Waals surface area contributed by atoms with E-state index in [-0.39, 0.29) is 6.79 Å². The van der Waals surface area contributed by atoms with Gasteiger partial charge in [0.05, 0.1) is 11.0 Å². The molecule has 96 valence electrons. The van der Waals surface area contributed by atoms with Gasteiger partial charge in [-0.1, -0.05) is 0 Å². The third kappa shape index (κ3) is 2.53. The molecule has 1 aliphatic heterocycles. The second kappa shape index (κ2) is 4.68. The van der Waals surface area contributed by atoms with Crippen LogP contribution in [0.2, 0.25) is 0 Å². The van der Waals surface area contributed by atoms with Crippen molar-refractivity contribution in [2.24, 2.45) is 10.7 Å². The molecule has 1 aliphatic carbocycles. The van der Waals surface area contributed by atoms with Crippen LogP contribution in [0.25, 0.3) is 0 Å². The number of hydrogen-bond donors (Lipinski definition) is 2. The molecule has 6 heteroatoms. The van der Waals surface area contributed by atoms with E-state index in [1.54, 1.807) is 0 Å². The van der Waals surface area contributed by atoms with Gasteiger partial charge in [-0.3, -0.25) is 0 Å². The van der Waals surface area contributed by atoms with Crippen LogP contribution in [0.3, 0.4) is 0 Å². The van der Waals surface area contributed by atoms with Crippen molar-refractivity contribution in [3.63, 3.8) is 0 Å². The fourth-order valence-corrected chi connectivity index (χ4v) is 2.37. The number of halogens is 1. The van der Waals surface area contributed by atoms with Crippen molar-refractivity contribution in [1.82, 2.24) is 5.32 Å². The Morgan fingerprint density at radius 3 is 3.06 bits per heavy atom. The third-order valence-corrected chi connectivity index (χ3v) is 3.44. The smallest absolute Gasteiger partial charge is 0.231 e. The van der Waals surface area contributed by atoms with Crippen LogP contribution in [0.5, 0.6) is 11.5 Å². The minimum atomic E-state index is 0.270. The summed E-state index contributed by atoms with van der Waals surface area (Å²) in [6.07, 6.45) is 2.37. The summed E-state index contributed by atoms with van der Waals surface area (Å²) in [5.74, 6) is 2.02. The highest BCUT2D eigenvalue weighted by Gasteiger charge is 2.21. The van der Waals surface area contributed by atoms with Crippen molar-refractivity contribution in [1.29, 1.82) is 0 Å². The van der Waals surface area contributed by atoms with Crippen molar-refractivity contribution < 1.29 is 9.47 Å². The van der Waals surface area contributed by atoms with Gasteiger partial charge < -0.3 is 20.5 Å². The number of nitrogens with two attached hydrogens (primary N) is 1. The van der Waals surface area contributed by atoms with Crippen molar-refractivity contribution >= 4 is 21.9 Å². The Balaban J connectivity index is 1.70. The first-order valence-electron chi connectivity index (χ1n) is 5.87. The summed E-state index contributed by atoms with van der Waals surface area (Å²) in [4.78, 5) is 4.31. The molecule has 0 bridgehead atoms. The lowest BCUT2D eigenvalue weighted by atomic mass is 10.2. The molecule has 1 aromatic carbocycles. The largest absolute Gasteiger partial charge is 0.454 e. The Morgan fingerprint density at radius 2 is 2.28 bits per heavy atom. The highest BCUT2D eigenvalue weighted by Crippen LogP contribution is 2.40. The Kier molecular flexibility index (Phi) is 3.03. The predicted octanol–water partition coefficient (Wildman–Crippen LogP) is 1.74. The minimum Gasteiger partial charge on any atom is -0.454 e. The van der Waals surface area contributed by atoms with Gasteiger partial charge in [-0.25, -0.2) is 4.99 Å². The third-order valence-electron chi connectivity index (χ3n) is 2.85. The monoisotopic (exact) mass is 311 g/mol. The number of rotatable bonds is 3. The normalized spacial score (nSPS) is 17.9. The minimum absolute atomic E-state index is 0.270. The topological polar surface area (TPSA) is 68.9 Å². The molecular weight excluding hydrogens is 298 g/mol. The van der Waals surface area contributed by atoms with E-state index >= 15 is 0 Å². The number of fused-ring (bicyclic) bond motifs is 1. The highest BCUT2D eigenvalue weighted by molar-refractivity contribution is 9.10. The zero-order valence-corrected chi connectivity index (χ0v) is 11.4. The second-order valence-corrected chi connectivity index (χ2v) is 5.29. The average molecular weight is 312 g/mol. The lowest BCUT2D eigenvalue weighted by molar-refractivity contribution is 0.173. The molecule has 5 nitrogen and oxygen atoms in total. The van der Waals surface area contributed by atoms with Gasteiger partial charge in [0, 0.05) is 6.04 Å². The van der Waals surface area contributed by atoms with Crippen molar-refractivity contribution in [3.8, 4) is 11.5 Å². The number of nitrogens with zero attached hydrogens (tertiary/aromatic N) is 1. The fourth-order valence-electron chi connectivity index (χ4n) is 1.77. The SMILES string of the molecule is NC(=NCc1cc(Br)c2c(c1)OCO2)NC1CC1. The standard InChI is InChI=1S/C12H14BrN3O2/c13-9-3-7(4-10-11(9)18-6-17-10)5-15-12(14)16-8-1-2-8/h3-4,8H,1-2,5-6H2,(H3,14,15,16). The molecule has 3 N–H and O–H groups in total. The van der Waals surface area contributed by atoms with E-state index < -0.39 is 0 Å². The molecule has 0 atom stereocenters. The van der Waals surface area contributed by atoms with Gasteiger partial charge in [0.2, 0.25) is 6.79 Å². The Morgan fingerprint density at radius 1 is 1.44 bits per heavy atom. The quantitative estimate of drug-likeness (QED) is 0.659. The number of benzene rings is 1. The maximum Gasteiger partial charge on any atom is 0.231 e. The highest BCUT2D eigenvalue weighted by atomic mass is 79.9. The summed E-state index contributed by atoms with van der Waals surface area (Å²) < 4.78 is 11.6. The van der Waals surface area contributed by atoms with E-state index in [0.29, 0.717) is 18.5 Å². The van der Waals surface area contributed by atoms with Gasteiger partial charge in [0.15, 0.2) is 17.5 Å². The maximum absolute atomic E-state index is 5.78. The van der Waals surface area contributed by atoms with E-state index in [1.807, 2.05) is 12.1 Å². The van der Waals surface area contributed by atoms with Crippen LogP contribution in [0, 0.1) is 0 Å². The van der Waals surface area contributed by atoms with Crippen molar-refractivity contribution in [2.45, 2.75) is 25.4 Å². The number of aliphatic imine (C=N–C) groups is 1. The molecule has 1 aromatic rings. The van der Waals surface area contributed by atoms with E-state index in [1.165, 1.54) is 12.8 Å². The van der Waals surface area contributed by atoms with E-state index in [9.17, 15) is 0 Å². The lowest BCUT2D eigenvalue weighted by Crippen LogP contribution is -2.33. The van der Waals surface area contributed by atoms with E-state index in [2.05, 4.69) is 26.2 Å². The molecular formula is C12H14BrN3O2. The van der Waals surface area contributed by atoms with Crippen LogP contribution >= 0.6 is 15.9 Å². The summed E-state index contributed by atoms with van der Waals surface area (Å²) in [6.45, 7) is 0.798. The van der Waals surface area contributed by atoms with Crippen LogP contribution in [0.1, 0.15) is 18.4 Å². The molecule has 1 heterocycles. The van der Waals surface area contributed by atoms with Gasteiger partial charge in [-0.2, -0.15) is 0 Å². The van der Waals surface area contributed by atoms with Crippen LogP contribution in [0.15, 0.2) is 21.6 Å². The number of guanidine groups is 1. The Hall–Kier alpha value is -1.43. The first-order chi connectivity index (χ1) is 8.72. The molecule has 1 saturated carbocycles. The number of ether oxygens (including phenoxy) is 2. The van der Waals surface area contributed by atoms with Gasteiger partial charge in [0.25, 0.3) is 0 Å². The molecule has 0 spiro atoms. The number of hydrogen-bond acceptors (Lipinski definition) is 3. The van der Waals surface area contributed by atoms with Crippen LogP contribution < -0.4 is 20.5 Å².